The van der Waals surface area contributed by atoms with E-state index in [1.165, 1.54) is 17.4 Å². The molecular weight excluding hydrogens is 432 g/mol. The monoisotopic (exact) mass is 454 g/mol. The maximum absolute atomic E-state index is 12.4. The van der Waals surface area contributed by atoms with Gasteiger partial charge < -0.3 is 23.7 Å². The van der Waals surface area contributed by atoms with Crippen LogP contribution in [0.4, 0.5) is 5.13 Å². The summed E-state index contributed by atoms with van der Waals surface area (Å²) in [5, 5.41) is 5.12. The van der Waals surface area contributed by atoms with E-state index in [1.54, 1.807) is 45.6 Å². The summed E-state index contributed by atoms with van der Waals surface area (Å²) in [7, 11) is 4.75. The van der Waals surface area contributed by atoms with Gasteiger partial charge in [0.1, 0.15) is 24.7 Å². The van der Waals surface area contributed by atoms with Crippen LogP contribution in [0, 0.1) is 0 Å². The summed E-state index contributed by atoms with van der Waals surface area (Å²) in [5.74, 6) is 2.75. The van der Waals surface area contributed by atoms with Gasteiger partial charge in [-0.1, -0.05) is 0 Å². The lowest BCUT2D eigenvalue weighted by Crippen LogP contribution is -2.16. The van der Waals surface area contributed by atoms with Gasteiger partial charge in [-0.15, -0.1) is 11.3 Å². The topological polar surface area (TPSA) is 88.1 Å². The van der Waals surface area contributed by atoms with E-state index in [-0.39, 0.29) is 5.91 Å². The molecule has 0 spiro atoms. The second-order valence-electron chi connectivity index (χ2n) is 6.67. The van der Waals surface area contributed by atoms with E-state index in [0.717, 1.165) is 11.1 Å². The molecule has 1 aliphatic heterocycles. The van der Waals surface area contributed by atoms with Crippen molar-refractivity contribution in [2.24, 2.45) is 0 Å². The molecule has 4 rings (SSSR count). The van der Waals surface area contributed by atoms with Gasteiger partial charge in [0.2, 0.25) is 11.7 Å². The minimum Gasteiger partial charge on any atom is -0.497 e. The number of hydrogen-bond acceptors (Lipinski definition) is 8. The highest BCUT2D eigenvalue weighted by Crippen LogP contribution is 2.40. The molecule has 1 aromatic heterocycles. The summed E-state index contributed by atoms with van der Waals surface area (Å²) in [6.07, 6.45) is 3.11. The van der Waals surface area contributed by atoms with Crippen LogP contribution in [0.5, 0.6) is 28.7 Å². The van der Waals surface area contributed by atoms with Gasteiger partial charge in [-0.3, -0.25) is 10.1 Å². The number of thiazole rings is 1. The molecule has 32 heavy (non-hydrogen) atoms. The molecule has 2 heterocycles. The number of rotatable bonds is 7. The van der Waals surface area contributed by atoms with Crippen molar-refractivity contribution < 1.29 is 28.5 Å². The van der Waals surface area contributed by atoms with Gasteiger partial charge in [0.25, 0.3) is 0 Å². The van der Waals surface area contributed by atoms with Crippen LogP contribution in [0.3, 0.4) is 0 Å². The van der Waals surface area contributed by atoms with Crippen LogP contribution in [0.2, 0.25) is 0 Å². The van der Waals surface area contributed by atoms with Crippen molar-refractivity contribution in [3.8, 4) is 40.0 Å². The third-order valence-corrected chi connectivity index (χ3v) is 5.45. The summed E-state index contributed by atoms with van der Waals surface area (Å²) < 4.78 is 27.3. The Morgan fingerprint density at radius 1 is 1.06 bits per heavy atom. The number of aromatic nitrogens is 1. The molecule has 2 aromatic carbocycles. The zero-order chi connectivity index (χ0) is 22.5. The summed E-state index contributed by atoms with van der Waals surface area (Å²) in [4.78, 5) is 16.9. The molecule has 1 amide bonds. The van der Waals surface area contributed by atoms with E-state index in [9.17, 15) is 4.79 Å². The Morgan fingerprint density at radius 2 is 1.88 bits per heavy atom. The number of nitrogens with zero attached hydrogens (tertiary/aromatic N) is 1. The summed E-state index contributed by atoms with van der Waals surface area (Å²) in [5.41, 5.74) is 2.26. The van der Waals surface area contributed by atoms with Gasteiger partial charge >= 0.3 is 0 Å². The number of methoxy groups -OCH3 is 3. The highest BCUT2D eigenvalue weighted by Gasteiger charge is 2.18. The van der Waals surface area contributed by atoms with Crippen molar-refractivity contribution >= 4 is 28.5 Å². The van der Waals surface area contributed by atoms with Crippen molar-refractivity contribution in [2.45, 2.75) is 0 Å². The molecule has 0 bridgehead atoms. The van der Waals surface area contributed by atoms with Crippen molar-refractivity contribution in [3.05, 3.63) is 47.4 Å². The first-order chi connectivity index (χ1) is 15.6. The van der Waals surface area contributed by atoms with Crippen LogP contribution in [-0.2, 0) is 4.79 Å². The summed E-state index contributed by atoms with van der Waals surface area (Å²) in [6, 6.07) is 9.08. The van der Waals surface area contributed by atoms with Crippen molar-refractivity contribution in [2.75, 3.05) is 39.9 Å². The predicted octanol–water partition coefficient (Wildman–Crippen LogP) is 4.26. The molecule has 0 fully saturated rings. The maximum Gasteiger partial charge on any atom is 0.250 e. The fraction of sp³-hybridized carbons (Fsp3) is 0.217. The van der Waals surface area contributed by atoms with Gasteiger partial charge in [-0.25, -0.2) is 4.98 Å². The van der Waals surface area contributed by atoms with Crippen molar-refractivity contribution in [3.63, 3.8) is 0 Å². The zero-order valence-corrected chi connectivity index (χ0v) is 18.7. The van der Waals surface area contributed by atoms with Gasteiger partial charge in [-0.05, 0) is 35.9 Å². The fourth-order valence-corrected chi connectivity index (χ4v) is 3.89. The first kappa shape index (κ1) is 21.5. The molecule has 1 aliphatic rings. The number of hydrogen-bond donors (Lipinski definition) is 1. The van der Waals surface area contributed by atoms with Crippen molar-refractivity contribution in [1.29, 1.82) is 0 Å². The second kappa shape index (κ2) is 9.61. The lowest BCUT2D eigenvalue weighted by molar-refractivity contribution is -0.111. The summed E-state index contributed by atoms with van der Waals surface area (Å²) >= 11 is 1.33. The van der Waals surface area contributed by atoms with Crippen LogP contribution in [0.15, 0.2) is 41.8 Å². The van der Waals surface area contributed by atoms with Crippen LogP contribution in [-0.4, -0.2) is 45.4 Å². The molecule has 0 aliphatic carbocycles. The first-order valence-corrected chi connectivity index (χ1v) is 10.6. The van der Waals surface area contributed by atoms with E-state index >= 15 is 0 Å². The van der Waals surface area contributed by atoms with Crippen LogP contribution in [0.1, 0.15) is 5.56 Å². The Labute approximate surface area is 189 Å². The van der Waals surface area contributed by atoms with Gasteiger partial charge in [0, 0.05) is 23.1 Å². The Kier molecular flexibility index (Phi) is 6.46. The molecule has 0 radical (unpaired) electrons. The molecule has 0 atom stereocenters. The molecule has 3 aromatic rings. The van der Waals surface area contributed by atoms with Gasteiger partial charge in [-0.2, -0.15) is 0 Å². The largest absolute Gasteiger partial charge is 0.497 e. The molecule has 1 N–H and O–H groups in total. The fourth-order valence-electron chi connectivity index (χ4n) is 3.17. The number of carbonyl (C=O) groups excluding carboxylic acids is 1. The van der Waals surface area contributed by atoms with Crippen LogP contribution in [0.25, 0.3) is 17.3 Å². The summed E-state index contributed by atoms with van der Waals surface area (Å²) in [6.45, 7) is 0.939. The lowest BCUT2D eigenvalue weighted by atomic mass is 10.1. The Morgan fingerprint density at radius 3 is 2.66 bits per heavy atom. The minimum atomic E-state index is -0.304. The number of ether oxygens (including phenoxy) is 5. The molecular formula is C23H22N2O6S. The normalized spacial score (nSPS) is 12.5. The van der Waals surface area contributed by atoms with Crippen LogP contribution >= 0.6 is 11.3 Å². The standard InChI is InChI=1S/C23H22N2O6S/c1-27-15-5-6-16(18(12-15)28-2)17-13-32-23(24-17)25-21(26)7-4-14-10-19(29-3)22-20(11-14)30-8-9-31-22/h4-7,10-13H,8-9H2,1-3H3,(H,24,25,26)/b7-4+. The quantitative estimate of drug-likeness (QED) is 0.534. The van der Waals surface area contributed by atoms with E-state index in [4.69, 9.17) is 23.7 Å². The number of anilines is 1. The molecule has 0 unspecified atom stereocenters. The Balaban J connectivity index is 1.47. The number of nitrogens with one attached hydrogen (secondary N) is 1. The number of amides is 1. The lowest BCUT2D eigenvalue weighted by Gasteiger charge is -2.20. The van der Waals surface area contributed by atoms with E-state index in [2.05, 4.69) is 10.3 Å². The average Bonchev–Trinajstić information content (AvgIpc) is 3.29. The third-order valence-electron chi connectivity index (χ3n) is 4.70. The zero-order valence-electron chi connectivity index (χ0n) is 17.8. The smallest absolute Gasteiger partial charge is 0.250 e. The molecule has 0 saturated carbocycles. The van der Waals surface area contributed by atoms with Crippen molar-refractivity contribution in [1.82, 2.24) is 4.98 Å². The Bertz CT molecular complexity index is 1140. The number of fused-ring (bicyclic) bond motifs is 1. The Hall–Kier alpha value is -3.72. The number of benzene rings is 2. The minimum absolute atomic E-state index is 0.304. The molecule has 8 nitrogen and oxygen atoms in total. The highest BCUT2D eigenvalue weighted by atomic mass is 32.1. The first-order valence-electron chi connectivity index (χ1n) is 9.76. The maximum atomic E-state index is 12.4. The molecule has 0 saturated heterocycles. The SMILES string of the molecule is COc1ccc(-c2csc(NC(=O)/C=C/c3cc(OC)c4c(c3)OCCO4)n2)c(OC)c1. The van der Waals surface area contributed by atoms with Gasteiger partial charge in [0.15, 0.2) is 16.6 Å². The third kappa shape index (κ3) is 4.62. The van der Waals surface area contributed by atoms with Crippen LogP contribution < -0.4 is 29.0 Å². The van der Waals surface area contributed by atoms with E-state index < -0.39 is 0 Å². The molecule has 9 heteroatoms. The highest BCUT2D eigenvalue weighted by molar-refractivity contribution is 7.14. The molecule has 166 valence electrons. The van der Waals surface area contributed by atoms with E-state index in [1.807, 2.05) is 17.5 Å². The average molecular weight is 455 g/mol. The van der Waals surface area contributed by atoms with E-state index in [0.29, 0.717) is 52.8 Å². The number of carbonyl (C=O) groups is 1. The predicted molar refractivity (Wildman–Crippen MR) is 122 cm³/mol. The second-order valence-corrected chi connectivity index (χ2v) is 7.53. The van der Waals surface area contributed by atoms with Gasteiger partial charge in [0.05, 0.1) is 27.0 Å².